The van der Waals surface area contributed by atoms with Crippen molar-refractivity contribution < 1.29 is 4.74 Å². The van der Waals surface area contributed by atoms with E-state index in [1.165, 1.54) is 11.1 Å². The maximum Gasteiger partial charge on any atom is 0.0775 e. The zero-order chi connectivity index (χ0) is 14.5. The molecular formula is C18H29NO. The Hall–Kier alpha value is -0.860. The maximum absolute atomic E-state index is 6.22. The van der Waals surface area contributed by atoms with Crippen molar-refractivity contribution in [2.75, 3.05) is 13.2 Å². The molecule has 0 spiro atoms. The zero-order valence-electron chi connectivity index (χ0n) is 13.4. The fraction of sp³-hybridized carbons (Fsp3) is 0.667. The summed E-state index contributed by atoms with van der Waals surface area (Å²) in [5, 5.41) is 3.62. The van der Waals surface area contributed by atoms with Crippen molar-refractivity contribution in [1.29, 1.82) is 0 Å². The van der Waals surface area contributed by atoms with Crippen LogP contribution >= 0.6 is 0 Å². The van der Waals surface area contributed by atoms with Crippen molar-refractivity contribution in [1.82, 2.24) is 5.32 Å². The minimum atomic E-state index is 0.304. The maximum atomic E-state index is 6.22. The van der Waals surface area contributed by atoms with Crippen molar-refractivity contribution in [3.63, 3.8) is 0 Å². The summed E-state index contributed by atoms with van der Waals surface area (Å²) < 4.78 is 6.22. The van der Waals surface area contributed by atoms with Gasteiger partial charge in [0.15, 0.2) is 0 Å². The predicted molar refractivity (Wildman–Crippen MR) is 85.1 cm³/mol. The number of rotatable bonds is 6. The van der Waals surface area contributed by atoms with E-state index < -0.39 is 0 Å². The molecule has 2 rings (SSSR count). The Bertz CT molecular complexity index is 416. The fourth-order valence-electron chi connectivity index (χ4n) is 3.14. The molecule has 112 valence electrons. The Morgan fingerprint density at radius 2 is 1.95 bits per heavy atom. The number of hydrogen-bond donors (Lipinski definition) is 1. The molecule has 0 bridgehead atoms. The average Bonchev–Trinajstić information content (AvgIpc) is 2.42. The highest BCUT2D eigenvalue weighted by atomic mass is 16.5. The highest BCUT2D eigenvalue weighted by Crippen LogP contribution is 2.38. The van der Waals surface area contributed by atoms with Gasteiger partial charge in [0.2, 0.25) is 0 Å². The van der Waals surface area contributed by atoms with Crippen molar-refractivity contribution in [2.45, 2.75) is 58.6 Å². The minimum Gasteiger partial charge on any atom is -0.376 e. The summed E-state index contributed by atoms with van der Waals surface area (Å²) in [5.41, 5.74) is 2.92. The second kappa shape index (κ2) is 7.24. The van der Waals surface area contributed by atoms with Gasteiger partial charge in [-0.15, -0.1) is 0 Å². The molecule has 0 heterocycles. The van der Waals surface area contributed by atoms with Gasteiger partial charge >= 0.3 is 0 Å². The lowest BCUT2D eigenvalue weighted by Gasteiger charge is -2.37. The number of likely N-dealkylation sites (N-methyl/N-ethyl adjacent to an activating group) is 1. The van der Waals surface area contributed by atoms with Gasteiger partial charge in [0, 0.05) is 6.61 Å². The molecular weight excluding hydrogens is 246 g/mol. The average molecular weight is 275 g/mol. The summed E-state index contributed by atoms with van der Waals surface area (Å²) in [6, 6.07) is 9.18. The van der Waals surface area contributed by atoms with E-state index >= 15 is 0 Å². The molecule has 1 aliphatic rings. The first-order valence-corrected chi connectivity index (χ1v) is 8.07. The Balaban J connectivity index is 2.12. The van der Waals surface area contributed by atoms with Crippen molar-refractivity contribution in [3.8, 4) is 0 Å². The van der Waals surface area contributed by atoms with E-state index in [9.17, 15) is 0 Å². The lowest BCUT2D eigenvalue weighted by Crippen LogP contribution is -2.38. The Morgan fingerprint density at radius 3 is 2.60 bits per heavy atom. The molecule has 0 saturated carbocycles. The minimum absolute atomic E-state index is 0.304. The Labute approximate surface area is 123 Å². The second-order valence-electron chi connectivity index (χ2n) is 6.39. The lowest BCUT2D eigenvalue weighted by molar-refractivity contribution is 0.00629. The van der Waals surface area contributed by atoms with Crippen LogP contribution in [-0.4, -0.2) is 19.3 Å². The molecule has 20 heavy (non-hydrogen) atoms. The van der Waals surface area contributed by atoms with Gasteiger partial charge in [0.1, 0.15) is 0 Å². The van der Waals surface area contributed by atoms with Crippen molar-refractivity contribution in [2.24, 2.45) is 5.92 Å². The third-order valence-electron chi connectivity index (χ3n) is 4.27. The molecule has 0 fully saturated rings. The van der Waals surface area contributed by atoms with Crippen LogP contribution in [0, 0.1) is 5.92 Å². The molecule has 1 aromatic rings. The first-order chi connectivity index (χ1) is 9.63. The van der Waals surface area contributed by atoms with Crippen LogP contribution < -0.4 is 5.32 Å². The molecule has 0 aliphatic heterocycles. The van der Waals surface area contributed by atoms with E-state index in [0.29, 0.717) is 24.0 Å². The van der Waals surface area contributed by atoms with E-state index in [0.717, 1.165) is 26.0 Å². The molecule has 3 atom stereocenters. The predicted octanol–water partition coefficient (Wildman–Crippen LogP) is 4.28. The fourth-order valence-corrected chi connectivity index (χ4v) is 3.14. The topological polar surface area (TPSA) is 21.3 Å². The van der Waals surface area contributed by atoms with Crippen molar-refractivity contribution in [3.05, 3.63) is 35.4 Å². The van der Waals surface area contributed by atoms with E-state index in [1.807, 2.05) is 0 Å². The molecule has 1 aromatic carbocycles. The number of benzene rings is 1. The normalized spacial score (nSPS) is 25.8. The number of fused-ring (bicyclic) bond motifs is 1. The van der Waals surface area contributed by atoms with Crippen LogP contribution in [0.15, 0.2) is 24.3 Å². The highest BCUT2D eigenvalue weighted by Gasteiger charge is 2.32. The zero-order valence-corrected chi connectivity index (χ0v) is 13.4. The summed E-state index contributed by atoms with van der Waals surface area (Å²) in [6.07, 6.45) is 2.57. The lowest BCUT2D eigenvalue weighted by atomic mass is 9.79. The van der Waals surface area contributed by atoms with Crippen molar-refractivity contribution >= 4 is 0 Å². The molecule has 0 aromatic heterocycles. The largest absolute Gasteiger partial charge is 0.376 e. The summed E-state index contributed by atoms with van der Waals surface area (Å²) in [5.74, 6) is 1.30. The Kier molecular flexibility index (Phi) is 5.62. The van der Waals surface area contributed by atoms with Gasteiger partial charge in [-0.05, 0) is 42.3 Å². The summed E-state index contributed by atoms with van der Waals surface area (Å²) >= 11 is 0. The smallest absolute Gasteiger partial charge is 0.0775 e. The van der Waals surface area contributed by atoms with Crippen LogP contribution in [0.3, 0.4) is 0 Å². The van der Waals surface area contributed by atoms with E-state index in [-0.39, 0.29) is 0 Å². The van der Waals surface area contributed by atoms with Gasteiger partial charge in [-0.2, -0.15) is 0 Å². The highest BCUT2D eigenvalue weighted by molar-refractivity contribution is 5.36. The van der Waals surface area contributed by atoms with E-state index in [4.69, 9.17) is 4.74 Å². The second-order valence-corrected chi connectivity index (χ2v) is 6.39. The van der Waals surface area contributed by atoms with Gasteiger partial charge in [0.05, 0.1) is 12.1 Å². The molecule has 1 aliphatic carbocycles. The number of nitrogens with one attached hydrogen (secondary N) is 1. The first-order valence-electron chi connectivity index (χ1n) is 8.07. The summed E-state index contributed by atoms with van der Waals surface area (Å²) in [7, 11) is 0. The van der Waals surface area contributed by atoms with Gasteiger partial charge in [0.25, 0.3) is 0 Å². The number of hydrogen-bond acceptors (Lipinski definition) is 2. The van der Waals surface area contributed by atoms with E-state index in [1.54, 1.807) is 0 Å². The molecule has 1 N–H and O–H groups in total. The molecule has 2 heteroatoms. The van der Waals surface area contributed by atoms with Gasteiger partial charge in [-0.25, -0.2) is 0 Å². The first kappa shape index (κ1) is 15.5. The van der Waals surface area contributed by atoms with Crippen LogP contribution in [0.25, 0.3) is 0 Å². The van der Waals surface area contributed by atoms with Gasteiger partial charge < -0.3 is 10.1 Å². The Morgan fingerprint density at radius 1 is 1.25 bits per heavy atom. The monoisotopic (exact) mass is 275 g/mol. The van der Waals surface area contributed by atoms with Crippen LogP contribution in [0.5, 0.6) is 0 Å². The molecule has 0 amide bonds. The SMILES string of the molecule is CCNC1c2ccccc2C(C)CC1OCCC(C)C. The molecule has 0 radical (unpaired) electrons. The van der Waals surface area contributed by atoms with Gasteiger partial charge in [-0.3, -0.25) is 0 Å². The van der Waals surface area contributed by atoms with Crippen LogP contribution in [0.2, 0.25) is 0 Å². The molecule has 3 unspecified atom stereocenters. The van der Waals surface area contributed by atoms with Gasteiger partial charge in [-0.1, -0.05) is 52.0 Å². The van der Waals surface area contributed by atoms with Crippen LogP contribution in [0.4, 0.5) is 0 Å². The molecule has 2 nitrogen and oxygen atoms in total. The number of ether oxygens (including phenoxy) is 1. The molecule has 0 saturated heterocycles. The van der Waals surface area contributed by atoms with Crippen LogP contribution in [0.1, 0.15) is 63.6 Å². The summed E-state index contributed by atoms with van der Waals surface area (Å²) in [4.78, 5) is 0. The quantitative estimate of drug-likeness (QED) is 0.837. The standard InChI is InChI=1S/C18H29NO/c1-5-19-18-16-9-7-6-8-15(16)14(4)12-17(18)20-11-10-13(2)3/h6-9,13-14,17-19H,5,10-12H2,1-4H3. The van der Waals surface area contributed by atoms with Crippen LogP contribution in [-0.2, 0) is 4.74 Å². The third kappa shape index (κ3) is 3.62. The third-order valence-corrected chi connectivity index (χ3v) is 4.27. The summed E-state index contributed by atoms with van der Waals surface area (Å²) in [6.45, 7) is 10.9. The van der Waals surface area contributed by atoms with E-state index in [2.05, 4.69) is 57.3 Å².